The maximum Gasteiger partial charge on any atom is 0.339 e. The molecule has 4 nitrogen and oxygen atoms in total. The average Bonchev–Trinajstić information content (AvgIpc) is 2.57. The number of fused-ring (bicyclic) bond motifs is 1. The molecular weight excluding hydrogens is 364 g/mol. The van der Waals surface area contributed by atoms with E-state index in [0.717, 1.165) is 24.0 Å². The van der Waals surface area contributed by atoms with Crippen LogP contribution in [0.15, 0.2) is 30.4 Å². The summed E-state index contributed by atoms with van der Waals surface area (Å²) >= 11 is 6.55. The van der Waals surface area contributed by atoms with E-state index in [1.54, 1.807) is 0 Å². The molecule has 0 spiro atoms. The maximum atomic E-state index is 12.9. The Morgan fingerprint density at radius 1 is 1.19 bits per heavy atom. The Morgan fingerprint density at radius 3 is 2.59 bits per heavy atom. The summed E-state index contributed by atoms with van der Waals surface area (Å²) in [7, 11) is 0. The fraction of sp³-hybridized carbons (Fsp3) is 0.455. The molecule has 0 aromatic heterocycles. The van der Waals surface area contributed by atoms with Crippen LogP contribution >= 0.6 is 11.6 Å². The van der Waals surface area contributed by atoms with E-state index in [0.29, 0.717) is 29.0 Å². The van der Waals surface area contributed by atoms with Gasteiger partial charge in [-0.1, -0.05) is 35.9 Å². The highest BCUT2D eigenvalue weighted by Gasteiger charge is 2.24. The van der Waals surface area contributed by atoms with Gasteiger partial charge in [0.05, 0.1) is 5.56 Å². The molecule has 27 heavy (non-hydrogen) atoms. The molecule has 0 bridgehead atoms. The third-order valence-electron chi connectivity index (χ3n) is 4.46. The van der Waals surface area contributed by atoms with Crippen molar-refractivity contribution in [1.82, 2.24) is 0 Å². The molecule has 0 saturated carbocycles. The van der Waals surface area contributed by atoms with Crippen molar-refractivity contribution in [2.75, 3.05) is 0 Å². The van der Waals surface area contributed by atoms with Crippen LogP contribution in [-0.4, -0.2) is 24.1 Å². The van der Waals surface area contributed by atoms with Gasteiger partial charge in [-0.3, -0.25) is 4.79 Å². The van der Waals surface area contributed by atoms with Crippen molar-refractivity contribution in [2.45, 2.75) is 65.6 Å². The number of carbonyl (C=O) groups excluding carboxylic acids is 2. The normalized spacial score (nSPS) is 23.5. The minimum atomic E-state index is -0.489. The topological polar surface area (TPSA) is 52.6 Å². The van der Waals surface area contributed by atoms with Crippen molar-refractivity contribution < 1.29 is 19.1 Å². The number of hydrogen-bond donors (Lipinski definition) is 0. The fourth-order valence-electron chi connectivity index (χ4n) is 3.22. The van der Waals surface area contributed by atoms with Crippen molar-refractivity contribution in [2.24, 2.45) is 0 Å². The Bertz CT molecular complexity index is 764. The van der Waals surface area contributed by atoms with E-state index >= 15 is 0 Å². The second-order valence-electron chi connectivity index (χ2n) is 6.96. The first-order valence-electron chi connectivity index (χ1n) is 9.28. The van der Waals surface area contributed by atoms with Gasteiger partial charge in [-0.05, 0) is 56.4 Å². The molecule has 0 saturated heterocycles. The molecule has 1 aromatic rings. The molecule has 146 valence electrons. The predicted octanol–water partition coefficient (Wildman–Crippen LogP) is 5.27. The van der Waals surface area contributed by atoms with Gasteiger partial charge >= 0.3 is 11.9 Å². The molecule has 0 aliphatic carbocycles. The number of hydrogen-bond acceptors (Lipinski definition) is 4. The lowest BCUT2D eigenvalue weighted by molar-refractivity contribution is -0.144. The second kappa shape index (κ2) is 9.75. The van der Waals surface area contributed by atoms with Gasteiger partial charge in [0.15, 0.2) is 0 Å². The summed E-state index contributed by atoms with van der Waals surface area (Å²) in [6, 6.07) is 1.88. The van der Waals surface area contributed by atoms with Crippen molar-refractivity contribution in [1.29, 1.82) is 0 Å². The molecule has 1 unspecified atom stereocenters. The molecule has 5 heteroatoms. The van der Waals surface area contributed by atoms with Gasteiger partial charge in [0.25, 0.3) is 0 Å². The summed E-state index contributed by atoms with van der Waals surface area (Å²) in [5.41, 5.74) is 2.81. The monoisotopic (exact) mass is 390 g/mol. The van der Waals surface area contributed by atoms with Crippen molar-refractivity contribution >= 4 is 23.5 Å². The Balaban J connectivity index is 2.52. The number of aryl methyl sites for hydroxylation is 2. The van der Waals surface area contributed by atoms with Gasteiger partial charge in [-0.2, -0.15) is 0 Å². The smallest absolute Gasteiger partial charge is 0.339 e. The first-order chi connectivity index (χ1) is 12.8. The van der Waals surface area contributed by atoms with Crippen LogP contribution in [-0.2, 0) is 20.7 Å². The fourth-order valence-corrected chi connectivity index (χ4v) is 3.45. The Morgan fingerprint density at radius 2 is 1.89 bits per heavy atom. The summed E-state index contributed by atoms with van der Waals surface area (Å²) in [6.45, 7) is 7.02. The first-order valence-corrected chi connectivity index (χ1v) is 9.65. The van der Waals surface area contributed by atoms with Gasteiger partial charge in [0, 0.05) is 24.8 Å². The minimum Gasteiger partial charge on any atom is -0.459 e. The summed E-state index contributed by atoms with van der Waals surface area (Å²) in [6.07, 6.45) is 9.95. The molecule has 2 atom stereocenters. The van der Waals surface area contributed by atoms with Crippen molar-refractivity contribution in [3.8, 4) is 0 Å². The van der Waals surface area contributed by atoms with Crippen LogP contribution in [0.4, 0.5) is 0 Å². The van der Waals surface area contributed by atoms with Crippen LogP contribution in [0.3, 0.4) is 0 Å². The molecule has 1 aliphatic rings. The van der Waals surface area contributed by atoms with Crippen molar-refractivity contribution in [3.63, 3.8) is 0 Å². The van der Waals surface area contributed by atoms with E-state index in [-0.39, 0.29) is 12.1 Å². The van der Waals surface area contributed by atoms with E-state index in [1.807, 2.05) is 45.1 Å². The zero-order chi connectivity index (χ0) is 20.0. The quantitative estimate of drug-likeness (QED) is 0.484. The molecule has 0 N–H and O–H groups in total. The molecule has 0 amide bonds. The Hall–Kier alpha value is -2.07. The standard InChI is InChI=1S/C22H27ClO4/c1-14-12-15(2)21(23)19-13-18(27-17(4)24)11-9-7-5-6-8-10-16(3)26-22(25)20(14)19/h6,8-9,11-12,16,18H,5,7,10,13H2,1-4H3/b8-6+,11-9+/t16-,18?/m1/s1. The SMILES string of the molecule is CC(=O)OC1/C=C/CC/C=C/C[C@@H](C)OC(=O)c2c(C)cc(C)c(Cl)c2C1. The molecule has 0 fully saturated rings. The van der Waals surface area contributed by atoms with Crippen LogP contribution in [0.1, 0.15) is 60.2 Å². The molecule has 1 heterocycles. The van der Waals surface area contributed by atoms with Crippen LogP contribution < -0.4 is 0 Å². The lowest BCUT2D eigenvalue weighted by Crippen LogP contribution is -2.22. The lowest BCUT2D eigenvalue weighted by Gasteiger charge is -2.21. The highest BCUT2D eigenvalue weighted by Crippen LogP contribution is 2.30. The molecule has 0 radical (unpaired) electrons. The Kier molecular flexibility index (Phi) is 7.66. The number of allylic oxidation sites excluding steroid dienone is 2. The molecule has 1 aromatic carbocycles. The zero-order valence-electron chi connectivity index (χ0n) is 16.4. The molecule has 1 aliphatic heterocycles. The van der Waals surface area contributed by atoms with Gasteiger partial charge in [0.1, 0.15) is 12.2 Å². The molecular formula is C22H27ClO4. The number of halogens is 1. The van der Waals surface area contributed by atoms with E-state index < -0.39 is 12.1 Å². The predicted molar refractivity (Wildman–Crippen MR) is 107 cm³/mol. The van der Waals surface area contributed by atoms with Gasteiger partial charge < -0.3 is 9.47 Å². The number of esters is 2. The van der Waals surface area contributed by atoms with E-state index in [4.69, 9.17) is 21.1 Å². The minimum absolute atomic E-state index is 0.233. The highest BCUT2D eigenvalue weighted by atomic mass is 35.5. The third-order valence-corrected chi connectivity index (χ3v) is 4.99. The van der Waals surface area contributed by atoms with Gasteiger partial charge in [-0.25, -0.2) is 4.79 Å². The summed E-state index contributed by atoms with van der Waals surface area (Å²) in [5.74, 6) is -0.767. The Labute approximate surface area is 166 Å². The first kappa shape index (κ1) is 21.2. The second-order valence-corrected chi connectivity index (χ2v) is 7.34. The largest absolute Gasteiger partial charge is 0.459 e. The van der Waals surface area contributed by atoms with Crippen LogP contribution in [0.5, 0.6) is 0 Å². The van der Waals surface area contributed by atoms with Crippen LogP contribution in [0.2, 0.25) is 5.02 Å². The van der Waals surface area contributed by atoms with E-state index in [2.05, 4.69) is 6.08 Å². The maximum absolute atomic E-state index is 12.9. The number of rotatable bonds is 1. The van der Waals surface area contributed by atoms with Gasteiger partial charge in [0.2, 0.25) is 0 Å². The molecule has 2 rings (SSSR count). The summed E-state index contributed by atoms with van der Waals surface area (Å²) in [5, 5.41) is 0.512. The zero-order valence-corrected chi connectivity index (χ0v) is 17.1. The summed E-state index contributed by atoms with van der Waals surface area (Å²) < 4.78 is 11.1. The number of ether oxygens (including phenoxy) is 2. The van der Waals surface area contributed by atoms with Crippen LogP contribution in [0, 0.1) is 13.8 Å². The number of benzene rings is 1. The third kappa shape index (κ3) is 5.96. The van der Waals surface area contributed by atoms with Crippen molar-refractivity contribution in [3.05, 3.63) is 57.6 Å². The number of carbonyl (C=O) groups is 2. The van der Waals surface area contributed by atoms with E-state index in [9.17, 15) is 9.59 Å². The lowest BCUT2D eigenvalue weighted by atomic mass is 9.94. The number of cyclic esters (lactones) is 1. The highest BCUT2D eigenvalue weighted by molar-refractivity contribution is 6.32. The summed E-state index contributed by atoms with van der Waals surface area (Å²) in [4.78, 5) is 24.4. The average molecular weight is 391 g/mol. The van der Waals surface area contributed by atoms with Gasteiger partial charge in [-0.15, -0.1) is 0 Å². The van der Waals surface area contributed by atoms with Crippen LogP contribution in [0.25, 0.3) is 0 Å². The van der Waals surface area contributed by atoms with E-state index in [1.165, 1.54) is 6.92 Å².